The quantitative estimate of drug-likeness (QED) is 0.301. The molecule has 0 saturated heterocycles. The number of amides is 2. The molecule has 1 aliphatic rings. The van der Waals surface area contributed by atoms with Crippen molar-refractivity contribution in [1.82, 2.24) is 5.32 Å². The molecule has 6 heteroatoms. The Morgan fingerprint density at radius 2 is 1.50 bits per heavy atom. The van der Waals surface area contributed by atoms with Gasteiger partial charge in [0.05, 0.1) is 0 Å². The summed E-state index contributed by atoms with van der Waals surface area (Å²) in [4.78, 5) is 20.1. The molecule has 3 nitrogen and oxygen atoms in total. The highest BCUT2D eigenvalue weighted by Gasteiger charge is 2.06. The van der Waals surface area contributed by atoms with Crippen molar-refractivity contribution in [3.63, 3.8) is 0 Å². The molecular formula is C4H5NO2S3. The van der Waals surface area contributed by atoms with Crippen LogP contribution in [0.25, 0.3) is 0 Å². The number of carbonyl (C=O) groups excluding carboxylic acids is 2. The van der Waals surface area contributed by atoms with E-state index in [4.69, 9.17) is 0 Å². The normalized spacial score (nSPS) is 14.2. The number of imide groups is 1. The summed E-state index contributed by atoms with van der Waals surface area (Å²) < 4.78 is 0. The van der Waals surface area contributed by atoms with Gasteiger partial charge >= 0.3 is 0 Å². The van der Waals surface area contributed by atoms with Crippen molar-refractivity contribution in [2.75, 3.05) is 0 Å². The minimum Gasteiger partial charge on any atom is -0.289 e. The van der Waals surface area contributed by atoms with Gasteiger partial charge in [-0.05, 0) is 9.83 Å². The van der Waals surface area contributed by atoms with E-state index in [1.807, 2.05) is 5.32 Å². The molecule has 0 saturated carbocycles. The Morgan fingerprint density at radius 3 is 1.60 bits per heavy atom. The predicted octanol–water partition coefficient (Wildman–Crippen LogP) is 0.608. The minimum absolute atomic E-state index is 0.329. The second-order valence-electron chi connectivity index (χ2n) is 1.27. The molecule has 56 valence electrons. The maximum atomic E-state index is 10.0. The predicted molar refractivity (Wildman–Crippen MR) is 47.9 cm³/mol. The van der Waals surface area contributed by atoms with Gasteiger partial charge in [-0.3, -0.25) is 14.9 Å². The van der Waals surface area contributed by atoms with E-state index in [-0.39, 0.29) is 11.8 Å². The van der Waals surface area contributed by atoms with Crippen LogP contribution in [0.3, 0.4) is 0 Å². The van der Waals surface area contributed by atoms with Gasteiger partial charge in [0, 0.05) is 12.2 Å². The van der Waals surface area contributed by atoms with Gasteiger partial charge in [0.2, 0.25) is 0 Å². The summed E-state index contributed by atoms with van der Waals surface area (Å²) in [5, 5.41) is 2.03. The Morgan fingerprint density at radius 1 is 1.20 bits per heavy atom. The highest BCUT2D eigenvalue weighted by atomic mass is 33.5. The summed E-state index contributed by atoms with van der Waals surface area (Å²) in [7, 11) is 1.14. The van der Waals surface area contributed by atoms with Crippen molar-refractivity contribution < 1.29 is 9.59 Å². The first-order valence-corrected chi connectivity index (χ1v) is 5.11. The third-order valence-electron chi connectivity index (χ3n) is 0.632. The van der Waals surface area contributed by atoms with Crippen LogP contribution in [-0.2, 0) is 9.59 Å². The van der Waals surface area contributed by atoms with Gasteiger partial charge < -0.3 is 0 Å². The van der Waals surface area contributed by atoms with Crippen LogP contribution in [0.2, 0.25) is 0 Å². The monoisotopic (exact) mass is 195 g/mol. The Labute approximate surface area is 72.3 Å². The zero-order valence-corrected chi connectivity index (χ0v) is 7.38. The lowest BCUT2D eigenvalue weighted by Crippen LogP contribution is -2.19. The molecule has 1 aliphatic heterocycles. The first-order chi connectivity index (χ1) is 4.70. The first kappa shape index (κ1) is 9.93. The van der Waals surface area contributed by atoms with Crippen molar-refractivity contribution in [3.8, 4) is 0 Å². The number of nitrogens with one attached hydrogen (secondary N) is 1. The van der Waals surface area contributed by atoms with E-state index < -0.39 is 0 Å². The molecular weight excluding hydrogens is 190 g/mol. The van der Waals surface area contributed by atoms with Gasteiger partial charge in [0.25, 0.3) is 11.8 Å². The molecule has 0 bridgehead atoms. The average Bonchev–Trinajstić information content (AvgIpc) is 2.17. The van der Waals surface area contributed by atoms with E-state index in [0.717, 1.165) is 9.83 Å². The van der Waals surface area contributed by atoms with E-state index in [9.17, 15) is 9.59 Å². The number of thiol groups is 2. The lowest BCUT2D eigenvalue weighted by atomic mass is 10.6. The van der Waals surface area contributed by atoms with Crippen LogP contribution in [0.4, 0.5) is 0 Å². The summed E-state index contributed by atoms with van der Waals surface area (Å²) in [6.45, 7) is 0. The molecule has 0 aromatic heterocycles. The zero-order chi connectivity index (χ0) is 7.98. The maximum absolute atomic E-state index is 10.0. The van der Waals surface area contributed by atoms with Gasteiger partial charge in [0.1, 0.15) is 0 Å². The van der Waals surface area contributed by atoms with E-state index in [1.54, 1.807) is 0 Å². The van der Waals surface area contributed by atoms with Crippen LogP contribution in [-0.4, -0.2) is 11.8 Å². The minimum atomic E-state index is -0.329. The molecule has 0 spiro atoms. The molecule has 1 N–H and O–H groups in total. The second kappa shape index (κ2) is 5.70. The van der Waals surface area contributed by atoms with Crippen molar-refractivity contribution in [2.24, 2.45) is 0 Å². The standard InChI is InChI=1S/C4H3NO2.H2S3/c6-3-1-2-4(7)5-3;1-3-2/h1-2H,(H,5,6,7);1-2H. The van der Waals surface area contributed by atoms with Crippen molar-refractivity contribution in [3.05, 3.63) is 12.2 Å². The van der Waals surface area contributed by atoms with Gasteiger partial charge in [-0.25, -0.2) is 0 Å². The highest BCUT2D eigenvalue weighted by Crippen LogP contribution is 2.06. The number of rotatable bonds is 0. The fourth-order valence-electron chi connectivity index (χ4n) is 0.356. The van der Waals surface area contributed by atoms with E-state index in [2.05, 4.69) is 23.3 Å². The highest BCUT2D eigenvalue weighted by molar-refractivity contribution is 9.01. The Bertz CT molecular complexity index is 152. The molecule has 0 aliphatic carbocycles. The molecule has 0 aromatic rings. The lowest BCUT2D eigenvalue weighted by Gasteiger charge is -1.80. The summed E-state index contributed by atoms with van der Waals surface area (Å²) in [5.41, 5.74) is 0. The molecule has 0 aromatic carbocycles. The van der Waals surface area contributed by atoms with Crippen LogP contribution < -0.4 is 5.32 Å². The van der Waals surface area contributed by atoms with Gasteiger partial charge in [-0.1, -0.05) is 23.3 Å². The Balaban J connectivity index is 0.000000236. The molecule has 0 fully saturated rings. The zero-order valence-electron chi connectivity index (χ0n) is 4.77. The molecule has 1 rings (SSSR count). The fraction of sp³-hybridized carbons (Fsp3) is 0. The van der Waals surface area contributed by atoms with Crippen molar-refractivity contribution in [2.45, 2.75) is 0 Å². The topological polar surface area (TPSA) is 46.2 Å². The van der Waals surface area contributed by atoms with E-state index >= 15 is 0 Å². The van der Waals surface area contributed by atoms with Crippen LogP contribution in [0.1, 0.15) is 0 Å². The summed E-state index contributed by atoms with van der Waals surface area (Å²) in [5.74, 6) is -0.657. The molecule has 2 amide bonds. The summed E-state index contributed by atoms with van der Waals surface area (Å²) in [6, 6.07) is 0. The fourth-order valence-corrected chi connectivity index (χ4v) is 0.356. The van der Waals surface area contributed by atoms with Gasteiger partial charge in [-0.15, -0.1) is 0 Å². The number of carbonyl (C=O) groups is 2. The van der Waals surface area contributed by atoms with Crippen LogP contribution in [0, 0.1) is 0 Å². The average molecular weight is 195 g/mol. The first-order valence-electron chi connectivity index (χ1n) is 2.18. The molecule has 0 atom stereocenters. The molecule has 1 heterocycles. The molecule has 0 unspecified atom stereocenters. The summed E-state index contributed by atoms with van der Waals surface area (Å²) in [6.07, 6.45) is 2.39. The van der Waals surface area contributed by atoms with Gasteiger partial charge in [-0.2, -0.15) is 0 Å². The third kappa shape index (κ3) is 4.78. The largest absolute Gasteiger partial charge is 0.289 e. The third-order valence-corrected chi connectivity index (χ3v) is 0.632. The van der Waals surface area contributed by atoms with E-state index in [1.165, 1.54) is 12.2 Å². The molecule has 10 heavy (non-hydrogen) atoms. The molecule has 0 radical (unpaired) electrons. The second-order valence-corrected chi connectivity index (χ2v) is 3.39. The van der Waals surface area contributed by atoms with Gasteiger partial charge in [0.15, 0.2) is 0 Å². The maximum Gasteiger partial charge on any atom is 0.250 e. The SMILES string of the molecule is O=C1C=CC(=O)N1.SSS. The Kier molecular flexibility index (Phi) is 5.66. The van der Waals surface area contributed by atoms with E-state index in [0.29, 0.717) is 0 Å². The number of hydrogen-bond donors (Lipinski definition) is 3. The smallest absolute Gasteiger partial charge is 0.250 e. The van der Waals surface area contributed by atoms with Crippen molar-refractivity contribution >= 4 is 45.0 Å². The van der Waals surface area contributed by atoms with Crippen LogP contribution in [0.5, 0.6) is 0 Å². The lowest BCUT2D eigenvalue weighted by molar-refractivity contribution is -0.123. The number of hydrogen-bond acceptors (Lipinski definition) is 5. The van der Waals surface area contributed by atoms with Crippen LogP contribution >= 0.6 is 33.1 Å². The van der Waals surface area contributed by atoms with Crippen molar-refractivity contribution in [1.29, 1.82) is 0 Å². The van der Waals surface area contributed by atoms with Crippen LogP contribution in [0.15, 0.2) is 12.2 Å². The summed E-state index contributed by atoms with van der Waals surface area (Å²) >= 11 is 7.14. The Hall–Kier alpha value is -0.0700.